The predicted molar refractivity (Wildman–Crippen MR) is 33.2 cm³/mol. The summed E-state index contributed by atoms with van der Waals surface area (Å²) >= 11 is 0. The van der Waals surface area contributed by atoms with Gasteiger partial charge in [-0.05, 0) is 11.4 Å². The van der Waals surface area contributed by atoms with Crippen LogP contribution < -0.4 is 5.73 Å². The number of rotatable bonds is 4. The molecule has 4 N–H and O–H groups in total. The van der Waals surface area contributed by atoms with Gasteiger partial charge in [0.1, 0.15) is 0 Å². The number of aliphatic hydroxyl groups is 1. The number of hydrogen-bond donors (Lipinski definition) is 3. The van der Waals surface area contributed by atoms with Gasteiger partial charge in [0.15, 0.2) is 6.17 Å². The summed E-state index contributed by atoms with van der Waals surface area (Å²) in [5, 5.41) is 17.6. The Bertz CT molecular complexity index is 106. The molecule has 0 aromatic carbocycles. The van der Waals surface area contributed by atoms with Gasteiger partial charge in [-0.2, -0.15) is 0 Å². The lowest BCUT2D eigenvalue weighted by Crippen LogP contribution is -2.32. The first kappa shape index (κ1) is 8.19. The van der Waals surface area contributed by atoms with Crippen molar-refractivity contribution < 1.29 is 5.11 Å². The Kier molecular flexibility index (Phi) is 3.74. The highest BCUT2D eigenvalue weighted by Gasteiger charge is 2.12. The fourth-order valence-corrected chi connectivity index (χ4v) is 0.330. The fraction of sp³-hybridized carbons (Fsp3) is 0.750. The highest BCUT2D eigenvalue weighted by Crippen LogP contribution is 1.93. The molecular weight excluding hydrogens is 122 g/mol. The smallest absolute Gasteiger partial charge is 0.166 e. The zero-order chi connectivity index (χ0) is 7.28. The summed E-state index contributed by atoms with van der Waals surface area (Å²) in [6, 6.07) is 0. The van der Waals surface area contributed by atoms with E-state index in [1.54, 1.807) is 0 Å². The molecule has 0 radical (unpaired) electrons. The monoisotopic (exact) mass is 131 g/mol. The highest BCUT2D eigenvalue weighted by molar-refractivity contribution is 5.53. The zero-order valence-corrected chi connectivity index (χ0v) is 4.82. The lowest BCUT2D eigenvalue weighted by atomic mass is 10.2. The number of nitrogens with one attached hydrogen (secondary N) is 1. The van der Waals surface area contributed by atoms with E-state index in [9.17, 15) is 4.91 Å². The second-order valence-electron chi connectivity index (χ2n) is 1.60. The average molecular weight is 131 g/mol. The lowest BCUT2D eigenvalue weighted by Gasteiger charge is -2.07. The Morgan fingerprint density at radius 1 is 1.89 bits per heavy atom. The predicted octanol–water partition coefficient (Wildman–Crippen LogP) is -0.562. The zero-order valence-electron chi connectivity index (χ0n) is 4.82. The third-order valence-electron chi connectivity index (χ3n) is 0.875. The minimum Gasteiger partial charge on any atom is -0.389 e. The standard InChI is InChI=1S/C4H9N3O2/c5-2-1-3(8)4(6)7-9/h2-5,8H,1,6H2/t3-,4-/m1/s1. The molecule has 0 amide bonds. The summed E-state index contributed by atoms with van der Waals surface area (Å²) in [6.07, 6.45) is -1.06. The van der Waals surface area contributed by atoms with E-state index in [0.717, 1.165) is 6.21 Å². The van der Waals surface area contributed by atoms with Crippen molar-refractivity contribution in [2.45, 2.75) is 18.7 Å². The Balaban J connectivity index is 3.56. The van der Waals surface area contributed by atoms with Crippen LogP contribution in [0.1, 0.15) is 6.42 Å². The van der Waals surface area contributed by atoms with E-state index in [2.05, 4.69) is 5.18 Å². The van der Waals surface area contributed by atoms with Crippen molar-refractivity contribution in [1.82, 2.24) is 0 Å². The quantitative estimate of drug-likeness (QED) is 0.352. The van der Waals surface area contributed by atoms with Crippen molar-refractivity contribution in [3.05, 3.63) is 4.91 Å². The maximum Gasteiger partial charge on any atom is 0.166 e. The Morgan fingerprint density at radius 2 is 2.44 bits per heavy atom. The first-order chi connectivity index (χ1) is 4.22. The molecule has 5 heteroatoms. The van der Waals surface area contributed by atoms with Crippen LogP contribution in [0.2, 0.25) is 0 Å². The average Bonchev–Trinajstić information content (AvgIpc) is 1.87. The molecular formula is C4H9N3O2. The second kappa shape index (κ2) is 4.11. The van der Waals surface area contributed by atoms with E-state index in [0.29, 0.717) is 0 Å². The van der Waals surface area contributed by atoms with Crippen LogP contribution in [0.4, 0.5) is 0 Å². The molecule has 0 spiro atoms. The Labute approximate surface area is 52.3 Å². The number of aliphatic hydroxyl groups excluding tert-OH is 1. The van der Waals surface area contributed by atoms with E-state index in [1.165, 1.54) is 0 Å². The topological polar surface area (TPSA) is 99.5 Å². The van der Waals surface area contributed by atoms with Crippen molar-refractivity contribution in [2.75, 3.05) is 0 Å². The molecule has 0 aliphatic carbocycles. The minimum absolute atomic E-state index is 0.0763. The lowest BCUT2D eigenvalue weighted by molar-refractivity contribution is 0.155. The molecule has 0 aromatic rings. The molecule has 9 heavy (non-hydrogen) atoms. The third-order valence-corrected chi connectivity index (χ3v) is 0.875. The number of nitrogens with two attached hydrogens (primary N) is 1. The molecule has 0 heterocycles. The van der Waals surface area contributed by atoms with Gasteiger partial charge in [0.25, 0.3) is 0 Å². The molecule has 0 bridgehead atoms. The number of nitrogens with zero attached hydrogens (tertiary/aromatic N) is 1. The van der Waals surface area contributed by atoms with Gasteiger partial charge in [-0.15, -0.1) is 4.91 Å². The van der Waals surface area contributed by atoms with Crippen LogP contribution in [0, 0.1) is 10.3 Å². The second-order valence-corrected chi connectivity index (χ2v) is 1.60. The summed E-state index contributed by atoms with van der Waals surface area (Å²) in [7, 11) is 0. The van der Waals surface area contributed by atoms with Crippen molar-refractivity contribution in [2.24, 2.45) is 10.9 Å². The van der Waals surface area contributed by atoms with Gasteiger partial charge in [-0.1, -0.05) is 0 Å². The van der Waals surface area contributed by atoms with E-state index in [1.807, 2.05) is 0 Å². The maximum atomic E-state index is 9.61. The molecule has 52 valence electrons. The van der Waals surface area contributed by atoms with Gasteiger partial charge >= 0.3 is 0 Å². The summed E-state index contributed by atoms with van der Waals surface area (Å²) in [5.41, 5.74) is 4.97. The fourth-order valence-electron chi connectivity index (χ4n) is 0.330. The molecule has 0 unspecified atom stereocenters. The van der Waals surface area contributed by atoms with E-state index >= 15 is 0 Å². The van der Waals surface area contributed by atoms with Crippen LogP contribution >= 0.6 is 0 Å². The van der Waals surface area contributed by atoms with Gasteiger partial charge in [0.05, 0.1) is 6.10 Å². The van der Waals surface area contributed by atoms with Crippen LogP contribution in [0.3, 0.4) is 0 Å². The largest absolute Gasteiger partial charge is 0.389 e. The van der Waals surface area contributed by atoms with Crippen LogP contribution in [-0.2, 0) is 0 Å². The maximum absolute atomic E-state index is 9.61. The molecule has 0 fully saturated rings. The summed E-state index contributed by atoms with van der Waals surface area (Å²) in [5.74, 6) is 0. The Hall–Kier alpha value is -0.810. The molecule has 0 aliphatic heterocycles. The minimum atomic E-state index is -1.11. The van der Waals surface area contributed by atoms with Gasteiger partial charge in [0.2, 0.25) is 0 Å². The number of nitroso groups, excluding NO2 is 1. The molecule has 0 aliphatic rings. The summed E-state index contributed by atoms with van der Waals surface area (Å²) in [4.78, 5) is 9.61. The van der Waals surface area contributed by atoms with Crippen LogP contribution in [0.25, 0.3) is 0 Å². The summed E-state index contributed by atoms with van der Waals surface area (Å²) < 4.78 is 0. The highest BCUT2D eigenvalue weighted by atomic mass is 16.3. The Morgan fingerprint density at radius 3 is 2.78 bits per heavy atom. The van der Waals surface area contributed by atoms with Gasteiger partial charge in [0, 0.05) is 6.42 Å². The van der Waals surface area contributed by atoms with Crippen LogP contribution in [0.15, 0.2) is 5.18 Å². The van der Waals surface area contributed by atoms with E-state index in [-0.39, 0.29) is 6.42 Å². The van der Waals surface area contributed by atoms with Gasteiger partial charge < -0.3 is 16.2 Å². The third kappa shape index (κ3) is 2.89. The SMILES string of the molecule is N=CC[C@@H](O)[C@H](N)N=O. The van der Waals surface area contributed by atoms with E-state index in [4.69, 9.17) is 16.2 Å². The van der Waals surface area contributed by atoms with Gasteiger partial charge in [-0.3, -0.25) is 0 Å². The van der Waals surface area contributed by atoms with E-state index < -0.39 is 12.3 Å². The molecule has 0 saturated carbocycles. The molecule has 5 nitrogen and oxygen atoms in total. The van der Waals surface area contributed by atoms with Crippen molar-refractivity contribution >= 4 is 6.21 Å². The number of hydrogen-bond acceptors (Lipinski definition) is 5. The summed E-state index contributed by atoms with van der Waals surface area (Å²) in [6.45, 7) is 0. The van der Waals surface area contributed by atoms with Gasteiger partial charge in [-0.25, -0.2) is 0 Å². The van der Waals surface area contributed by atoms with Crippen molar-refractivity contribution in [3.8, 4) is 0 Å². The van der Waals surface area contributed by atoms with Crippen molar-refractivity contribution in [3.63, 3.8) is 0 Å². The molecule has 0 rings (SSSR count). The normalized spacial score (nSPS) is 16.2. The molecule has 2 atom stereocenters. The molecule has 0 saturated heterocycles. The van der Waals surface area contributed by atoms with Crippen LogP contribution in [0.5, 0.6) is 0 Å². The molecule has 0 aromatic heterocycles. The van der Waals surface area contributed by atoms with Crippen molar-refractivity contribution in [1.29, 1.82) is 5.41 Å². The van der Waals surface area contributed by atoms with Crippen LogP contribution in [-0.4, -0.2) is 23.6 Å². The first-order valence-corrected chi connectivity index (χ1v) is 2.47. The first-order valence-electron chi connectivity index (χ1n) is 2.47.